The normalized spacial score (nSPS) is 22.2. The molecule has 0 aliphatic carbocycles. The van der Waals surface area contributed by atoms with Gasteiger partial charge in [-0.2, -0.15) is 0 Å². The number of piperazine rings is 1. The minimum Gasteiger partial charge on any atom is -0.328 e. The molecule has 5 nitrogen and oxygen atoms in total. The van der Waals surface area contributed by atoms with Crippen molar-refractivity contribution in [2.75, 3.05) is 39.8 Å². The highest BCUT2D eigenvalue weighted by molar-refractivity contribution is 5.74. The van der Waals surface area contributed by atoms with Gasteiger partial charge in [-0.3, -0.25) is 0 Å². The minimum atomic E-state index is 0.0875. The Morgan fingerprint density at radius 3 is 3.00 bits per heavy atom. The topological polar surface area (TPSA) is 61.6 Å². The van der Waals surface area contributed by atoms with Crippen LogP contribution in [0.2, 0.25) is 0 Å². The molecule has 0 spiro atoms. The highest BCUT2D eigenvalue weighted by Crippen LogP contribution is 2.05. The van der Waals surface area contributed by atoms with Crippen LogP contribution in [-0.2, 0) is 0 Å². The second-order valence-corrected chi connectivity index (χ2v) is 3.58. The molecule has 1 aliphatic rings. The van der Waals surface area contributed by atoms with Crippen LogP contribution in [-0.4, -0.2) is 61.6 Å². The molecule has 0 saturated carbocycles. The van der Waals surface area contributed by atoms with Gasteiger partial charge in [-0.15, -0.1) is 0 Å². The Kier molecular flexibility index (Phi) is 4.16. The number of carbonyl (C=O) groups is 1. The molecule has 5 heteroatoms. The quantitative estimate of drug-likeness (QED) is 0.619. The summed E-state index contributed by atoms with van der Waals surface area (Å²) >= 11 is 0. The van der Waals surface area contributed by atoms with Gasteiger partial charge in [0.15, 0.2) is 0 Å². The van der Waals surface area contributed by atoms with Crippen molar-refractivity contribution in [2.45, 2.75) is 13.0 Å². The maximum Gasteiger partial charge on any atom is 0.320 e. The number of nitrogens with two attached hydrogens (primary N) is 1. The Morgan fingerprint density at radius 1 is 1.71 bits per heavy atom. The summed E-state index contributed by atoms with van der Waals surface area (Å²) in [4.78, 5) is 15.4. The van der Waals surface area contributed by atoms with E-state index in [1.807, 2.05) is 18.9 Å². The Morgan fingerprint density at radius 2 is 2.43 bits per heavy atom. The van der Waals surface area contributed by atoms with Gasteiger partial charge < -0.3 is 20.9 Å². The van der Waals surface area contributed by atoms with Crippen LogP contribution in [0.25, 0.3) is 0 Å². The fraction of sp³-hybridized carbons (Fsp3) is 0.889. The van der Waals surface area contributed by atoms with Crippen molar-refractivity contribution in [3.63, 3.8) is 0 Å². The molecule has 1 unspecified atom stereocenters. The predicted molar refractivity (Wildman–Crippen MR) is 56.1 cm³/mol. The van der Waals surface area contributed by atoms with E-state index in [1.165, 1.54) is 0 Å². The molecule has 1 atom stereocenters. The summed E-state index contributed by atoms with van der Waals surface area (Å²) < 4.78 is 0. The van der Waals surface area contributed by atoms with Gasteiger partial charge in [-0.05, 0) is 6.92 Å². The zero-order valence-electron chi connectivity index (χ0n) is 8.99. The highest BCUT2D eigenvalue weighted by Gasteiger charge is 2.26. The van der Waals surface area contributed by atoms with Crippen LogP contribution in [0.3, 0.4) is 0 Å². The molecule has 1 heterocycles. The molecule has 3 N–H and O–H groups in total. The van der Waals surface area contributed by atoms with E-state index in [2.05, 4.69) is 5.32 Å². The second kappa shape index (κ2) is 5.17. The molecule has 14 heavy (non-hydrogen) atoms. The monoisotopic (exact) mass is 200 g/mol. The number of nitrogens with zero attached hydrogens (tertiary/aromatic N) is 2. The van der Waals surface area contributed by atoms with Crippen LogP contribution >= 0.6 is 0 Å². The van der Waals surface area contributed by atoms with Crippen LogP contribution < -0.4 is 11.1 Å². The first-order chi connectivity index (χ1) is 6.70. The maximum atomic E-state index is 11.9. The third-order valence-electron chi connectivity index (χ3n) is 2.67. The summed E-state index contributed by atoms with van der Waals surface area (Å²) in [6.07, 6.45) is 0. The Balaban J connectivity index is 2.58. The van der Waals surface area contributed by atoms with Crippen molar-refractivity contribution in [1.82, 2.24) is 15.1 Å². The number of amides is 2. The number of urea groups is 1. The van der Waals surface area contributed by atoms with E-state index >= 15 is 0 Å². The van der Waals surface area contributed by atoms with Crippen LogP contribution in [0.15, 0.2) is 0 Å². The first kappa shape index (κ1) is 11.3. The molecule has 1 saturated heterocycles. The van der Waals surface area contributed by atoms with Crippen molar-refractivity contribution in [1.29, 1.82) is 0 Å². The molecule has 0 radical (unpaired) electrons. The molecule has 0 bridgehead atoms. The maximum absolute atomic E-state index is 11.9. The summed E-state index contributed by atoms with van der Waals surface area (Å²) in [6.45, 7) is 5.65. The first-order valence-electron chi connectivity index (χ1n) is 5.13. The molecule has 82 valence electrons. The van der Waals surface area contributed by atoms with Gasteiger partial charge in [-0.1, -0.05) is 0 Å². The van der Waals surface area contributed by atoms with Crippen molar-refractivity contribution < 1.29 is 4.79 Å². The third-order valence-corrected chi connectivity index (χ3v) is 2.67. The van der Waals surface area contributed by atoms with Crippen molar-refractivity contribution in [3.05, 3.63) is 0 Å². The van der Waals surface area contributed by atoms with Gasteiger partial charge in [0.1, 0.15) is 0 Å². The number of hydrogen-bond acceptors (Lipinski definition) is 3. The zero-order valence-corrected chi connectivity index (χ0v) is 8.99. The van der Waals surface area contributed by atoms with Crippen LogP contribution in [0.5, 0.6) is 0 Å². The highest BCUT2D eigenvalue weighted by atomic mass is 16.2. The molecular weight excluding hydrogens is 180 g/mol. The van der Waals surface area contributed by atoms with Crippen molar-refractivity contribution in [2.24, 2.45) is 5.73 Å². The van der Waals surface area contributed by atoms with Gasteiger partial charge in [0, 0.05) is 39.8 Å². The average Bonchev–Trinajstić information content (AvgIpc) is 2.26. The van der Waals surface area contributed by atoms with E-state index in [1.54, 1.807) is 4.90 Å². The number of nitrogens with one attached hydrogen (secondary N) is 1. The number of carbonyl (C=O) groups excluding carboxylic acids is 1. The molecule has 2 amide bonds. The summed E-state index contributed by atoms with van der Waals surface area (Å²) in [6, 6.07) is 0.231. The van der Waals surface area contributed by atoms with E-state index in [0.717, 1.165) is 26.2 Å². The molecule has 1 aliphatic heterocycles. The first-order valence-corrected chi connectivity index (χ1v) is 5.13. The molecule has 0 aromatic carbocycles. The van der Waals surface area contributed by atoms with Crippen LogP contribution in [0, 0.1) is 0 Å². The zero-order chi connectivity index (χ0) is 10.6. The third kappa shape index (κ3) is 2.36. The second-order valence-electron chi connectivity index (χ2n) is 3.58. The predicted octanol–water partition coefficient (Wildman–Crippen LogP) is -0.709. The Hall–Kier alpha value is -0.810. The van der Waals surface area contributed by atoms with Gasteiger partial charge in [0.05, 0.1) is 6.04 Å². The van der Waals surface area contributed by atoms with Gasteiger partial charge in [0.25, 0.3) is 0 Å². The smallest absolute Gasteiger partial charge is 0.320 e. The Bertz CT molecular complexity index is 197. The standard InChI is InChI=1S/C9H20N4O/c1-3-12(2)9(14)13-5-4-11-7-8(13)6-10/h8,11H,3-7,10H2,1-2H3. The molecule has 0 aromatic heterocycles. The van der Waals surface area contributed by atoms with E-state index in [4.69, 9.17) is 5.73 Å². The van der Waals surface area contributed by atoms with Crippen LogP contribution in [0.1, 0.15) is 6.92 Å². The molecular formula is C9H20N4O. The van der Waals surface area contributed by atoms with Crippen molar-refractivity contribution >= 4 is 6.03 Å². The van der Waals surface area contributed by atoms with E-state index in [-0.39, 0.29) is 12.1 Å². The number of hydrogen-bond donors (Lipinski definition) is 2. The minimum absolute atomic E-state index is 0.0875. The lowest BCUT2D eigenvalue weighted by Gasteiger charge is -2.37. The van der Waals surface area contributed by atoms with Crippen LogP contribution in [0.4, 0.5) is 4.79 Å². The van der Waals surface area contributed by atoms with Gasteiger partial charge >= 0.3 is 6.03 Å². The molecule has 0 aromatic rings. The SMILES string of the molecule is CCN(C)C(=O)N1CCNCC1CN. The summed E-state index contributed by atoms with van der Waals surface area (Å²) in [5.74, 6) is 0. The molecule has 1 fully saturated rings. The lowest BCUT2D eigenvalue weighted by atomic mass is 10.2. The summed E-state index contributed by atoms with van der Waals surface area (Å²) in [5.41, 5.74) is 5.62. The fourth-order valence-electron chi connectivity index (χ4n) is 1.58. The lowest BCUT2D eigenvalue weighted by molar-refractivity contribution is 0.132. The largest absolute Gasteiger partial charge is 0.328 e. The van der Waals surface area contributed by atoms with E-state index in [0.29, 0.717) is 6.54 Å². The van der Waals surface area contributed by atoms with Crippen molar-refractivity contribution in [3.8, 4) is 0 Å². The summed E-state index contributed by atoms with van der Waals surface area (Å²) in [7, 11) is 1.82. The lowest BCUT2D eigenvalue weighted by Crippen LogP contribution is -2.58. The molecule has 1 rings (SSSR count). The van der Waals surface area contributed by atoms with Gasteiger partial charge in [-0.25, -0.2) is 4.79 Å². The fourth-order valence-corrected chi connectivity index (χ4v) is 1.58. The van der Waals surface area contributed by atoms with E-state index < -0.39 is 0 Å². The van der Waals surface area contributed by atoms with Gasteiger partial charge in [0.2, 0.25) is 0 Å². The number of rotatable bonds is 2. The van der Waals surface area contributed by atoms with E-state index in [9.17, 15) is 4.79 Å². The Labute approximate surface area is 85.2 Å². The average molecular weight is 200 g/mol. The summed E-state index contributed by atoms with van der Waals surface area (Å²) in [5, 5.41) is 3.24.